The van der Waals surface area contributed by atoms with Crippen LogP contribution < -0.4 is 4.90 Å². The van der Waals surface area contributed by atoms with Gasteiger partial charge < -0.3 is 4.90 Å². The van der Waals surface area contributed by atoms with Crippen molar-refractivity contribution < 1.29 is 10.2 Å². The molecule has 0 N–H and O–H groups in total. The molecule has 2 rings (SSSR count). The van der Waals surface area contributed by atoms with Crippen LogP contribution in [0.2, 0.25) is 0 Å². The first kappa shape index (κ1) is 8.21. The van der Waals surface area contributed by atoms with Crippen LogP contribution in [0.15, 0.2) is 24.3 Å². The zero-order chi connectivity index (χ0) is 10.9. The van der Waals surface area contributed by atoms with Gasteiger partial charge in [0.05, 0.1) is 1.37 Å². The normalized spacial score (nSPS) is 21.9. The number of anilines is 1. The number of rotatable bonds is 1. The van der Waals surface area contributed by atoms with Crippen molar-refractivity contribution in [3.8, 4) is 0 Å². The van der Waals surface area contributed by atoms with Crippen LogP contribution in [0.5, 0.6) is 0 Å². The number of benzene rings is 1. The molecule has 0 aromatic heterocycles. The minimum Gasteiger partial charge on any atom is -0.371 e. The van der Waals surface area contributed by atoms with E-state index in [0.29, 0.717) is 13.1 Å². The Morgan fingerprint density at radius 3 is 2.36 bits per heavy atom. The lowest BCUT2D eigenvalue weighted by Crippen LogP contribution is -2.34. The average Bonchev–Trinajstić information content (AvgIpc) is 2.20. The molecule has 1 saturated heterocycles. The number of piperidine rings is 1. The molecule has 0 unspecified atom stereocenters. The summed E-state index contributed by atoms with van der Waals surface area (Å²) < 4.78 is 33.1. The van der Waals surface area contributed by atoms with Crippen LogP contribution in [0.25, 0.3) is 0 Å². The molecule has 0 bridgehead atoms. The smallest absolute Gasteiger partial charge is 0.123 e. The molecule has 1 heterocycles. The Balaban J connectivity index is 2.04. The van der Waals surface area contributed by atoms with E-state index in [1.165, 1.54) is 12.1 Å². The number of hydrogen-bond acceptors (Lipinski definition) is 1. The van der Waals surface area contributed by atoms with Gasteiger partial charge in [0.1, 0.15) is 12.0 Å². The molecule has 1 aromatic carbocycles. The predicted molar refractivity (Wildman–Crippen MR) is 52.7 cm³/mol. The summed E-state index contributed by atoms with van der Waals surface area (Å²) in [5.74, 6) is -0.268. The van der Waals surface area contributed by atoms with Gasteiger partial charge in [0.25, 0.3) is 0 Å². The van der Waals surface area contributed by atoms with Gasteiger partial charge in [0, 0.05) is 18.8 Å². The van der Waals surface area contributed by atoms with Crippen LogP contribution in [0, 0.1) is 5.82 Å². The molecular weight excluding hydrogens is 184 g/mol. The Labute approximate surface area is 83.7 Å². The lowest BCUT2D eigenvalue weighted by molar-refractivity contribution is 0.277. The van der Waals surface area contributed by atoms with Crippen LogP contribution in [0.4, 0.5) is 14.5 Å². The summed E-state index contributed by atoms with van der Waals surface area (Å²) in [6, 6.07) is 6.16. The van der Waals surface area contributed by atoms with Crippen molar-refractivity contribution in [1.82, 2.24) is 0 Å². The fourth-order valence-electron chi connectivity index (χ4n) is 1.66. The summed E-state index contributed by atoms with van der Waals surface area (Å²) in [5, 5.41) is 0. The first-order valence-electron chi connectivity index (χ1n) is 5.26. The van der Waals surface area contributed by atoms with Crippen LogP contribution in [-0.2, 0) is 0 Å². The van der Waals surface area contributed by atoms with E-state index < -0.39 is 6.15 Å². The van der Waals surface area contributed by atoms with E-state index in [4.69, 9.17) is 1.37 Å². The Hall–Kier alpha value is -1.12. The molecule has 1 nitrogen and oxygen atoms in total. The van der Waals surface area contributed by atoms with Crippen molar-refractivity contribution in [2.24, 2.45) is 0 Å². The van der Waals surface area contributed by atoms with Gasteiger partial charge in [-0.25, -0.2) is 8.78 Å². The van der Waals surface area contributed by atoms with E-state index in [1.807, 2.05) is 4.90 Å². The second-order valence-corrected chi connectivity index (χ2v) is 3.48. The van der Waals surface area contributed by atoms with E-state index in [9.17, 15) is 8.78 Å². The molecule has 1 aromatic rings. The number of hydrogen-bond donors (Lipinski definition) is 0. The van der Waals surface area contributed by atoms with Gasteiger partial charge in [-0.05, 0) is 37.1 Å². The standard InChI is InChI=1S/C11H13F2N/c12-9-1-3-11(4-2-9)14-7-5-10(13)6-8-14/h1-4,10H,5-8H2/i10D. The second kappa shape index (κ2) is 3.95. The van der Waals surface area contributed by atoms with Crippen molar-refractivity contribution in [3.05, 3.63) is 30.1 Å². The highest BCUT2D eigenvalue weighted by atomic mass is 19.1. The van der Waals surface area contributed by atoms with Crippen molar-refractivity contribution in [3.63, 3.8) is 0 Å². The summed E-state index contributed by atoms with van der Waals surface area (Å²) in [6.45, 7) is 1.04. The molecule has 0 saturated carbocycles. The largest absolute Gasteiger partial charge is 0.371 e. The molecule has 1 aliphatic heterocycles. The fraction of sp³-hybridized carbons (Fsp3) is 0.455. The SMILES string of the molecule is [2H]C1(F)CCN(c2ccc(F)cc2)CC1. The van der Waals surface area contributed by atoms with Crippen LogP contribution in [0.1, 0.15) is 14.2 Å². The summed E-state index contributed by atoms with van der Waals surface area (Å²) >= 11 is 0. The maximum Gasteiger partial charge on any atom is 0.123 e. The first-order valence-corrected chi connectivity index (χ1v) is 4.76. The molecule has 1 fully saturated rings. The van der Waals surface area contributed by atoms with Gasteiger partial charge in [0.15, 0.2) is 0 Å². The van der Waals surface area contributed by atoms with E-state index >= 15 is 0 Å². The summed E-state index contributed by atoms with van der Waals surface area (Å²) in [4.78, 5) is 1.98. The third kappa shape index (κ3) is 2.03. The highest BCUT2D eigenvalue weighted by molar-refractivity contribution is 5.46. The van der Waals surface area contributed by atoms with E-state index in [-0.39, 0.29) is 18.7 Å². The summed E-state index contributed by atoms with van der Waals surface area (Å²) in [7, 11) is 0. The van der Waals surface area contributed by atoms with Crippen LogP contribution in [0.3, 0.4) is 0 Å². The first-order chi connectivity index (χ1) is 7.07. The molecule has 3 heteroatoms. The topological polar surface area (TPSA) is 3.24 Å². The zero-order valence-electron chi connectivity index (χ0n) is 8.84. The van der Waals surface area contributed by atoms with Crippen molar-refractivity contribution in [1.29, 1.82) is 0 Å². The molecular formula is C11H13F2N. The Morgan fingerprint density at radius 2 is 1.79 bits per heavy atom. The summed E-state index contributed by atoms with van der Waals surface area (Å²) in [6.07, 6.45) is -1.36. The third-order valence-corrected chi connectivity index (χ3v) is 2.50. The van der Waals surface area contributed by atoms with E-state index in [1.54, 1.807) is 12.1 Å². The van der Waals surface area contributed by atoms with Crippen molar-refractivity contribution >= 4 is 5.69 Å². The minimum atomic E-state index is -1.78. The van der Waals surface area contributed by atoms with Crippen molar-refractivity contribution in [2.45, 2.75) is 19.0 Å². The van der Waals surface area contributed by atoms with E-state index in [2.05, 4.69) is 0 Å². The molecule has 0 amide bonds. The molecule has 0 atom stereocenters. The Morgan fingerprint density at radius 1 is 1.21 bits per heavy atom. The van der Waals surface area contributed by atoms with Crippen LogP contribution in [-0.4, -0.2) is 19.2 Å². The quantitative estimate of drug-likeness (QED) is 0.670. The van der Waals surface area contributed by atoms with Crippen LogP contribution >= 0.6 is 0 Å². The number of nitrogens with zero attached hydrogens (tertiary/aromatic N) is 1. The summed E-state index contributed by atoms with van der Waals surface area (Å²) in [5.41, 5.74) is 0.895. The number of alkyl halides is 1. The fourth-order valence-corrected chi connectivity index (χ4v) is 1.66. The second-order valence-electron chi connectivity index (χ2n) is 3.48. The molecule has 0 spiro atoms. The lowest BCUT2D eigenvalue weighted by atomic mass is 10.1. The zero-order valence-corrected chi connectivity index (χ0v) is 7.84. The number of halogens is 2. The van der Waals surface area contributed by atoms with Gasteiger partial charge in [-0.1, -0.05) is 0 Å². The van der Waals surface area contributed by atoms with Gasteiger partial charge in [0.2, 0.25) is 0 Å². The van der Waals surface area contributed by atoms with Crippen molar-refractivity contribution in [2.75, 3.05) is 18.0 Å². The monoisotopic (exact) mass is 198 g/mol. The highest BCUT2D eigenvalue weighted by Gasteiger charge is 2.18. The van der Waals surface area contributed by atoms with Gasteiger partial charge in [-0.3, -0.25) is 0 Å². The highest BCUT2D eigenvalue weighted by Crippen LogP contribution is 2.21. The molecule has 1 aliphatic rings. The van der Waals surface area contributed by atoms with E-state index in [0.717, 1.165) is 5.69 Å². The van der Waals surface area contributed by atoms with Gasteiger partial charge in [-0.2, -0.15) is 0 Å². The molecule has 0 aliphatic carbocycles. The Kier molecular flexibility index (Phi) is 2.31. The van der Waals surface area contributed by atoms with Gasteiger partial charge >= 0.3 is 0 Å². The maximum absolute atomic E-state index is 13.2. The molecule has 14 heavy (non-hydrogen) atoms. The lowest BCUT2D eigenvalue weighted by Gasteiger charge is -2.30. The average molecular weight is 198 g/mol. The predicted octanol–water partition coefficient (Wildman–Crippen LogP) is 2.76. The Bertz CT molecular complexity index is 327. The molecule has 76 valence electrons. The minimum absolute atomic E-state index is 0.213. The molecule has 0 radical (unpaired) electrons. The third-order valence-electron chi connectivity index (χ3n) is 2.50. The van der Waals surface area contributed by atoms with Gasteiger partial charge in [-0.15, -0.1) is 0 Å². The maximum atomic E-state index is 13.2.